The molecule has 0 bridgehead atoms. The number of nitrogens with zero attached hydrogens (tertiary/aromatic N) is 2. The normalized spacial score (nSPS) is 17.7. The lowest BCUT2D eigenvalue weighted by Gasteiger charge is -2.36. The van der Waals surface area contributed by atoms with Crippen molar-refractivity contribution in [3.05, 3.63) is 35.0 Å². The zero-order valence-corrected chi connectivity index (χ0v) is 31.9. The lowest BCUT2D eigenvalue weighted by molar-refractivity contribution is -0.146. The Hall–Kier alpha value is -3.09. The lowest BCUT2D eigenvalue weighted by atomic mass is 9.85. The highest BCUT2D eigenvalue weighted by Gasteiger charge is 2.44. The van der Waals surface area contributed by atoms with Crippen molar-refractivity contribution in [2.24, 2.45) is 5.41 Å². The van der Waals surface area contributed by atoms with Gasteiger partial charge in [-0.25, -0.2) is 9.37 Å². The molecule has 0 saturated carbocycles. The Labute approximate surface area is 295 Å². The number of rotatable bonds is 17. The van der Waals surface area contributed by atoms with Gasteiger partial charge in [0, 0.05) is 38.8 Å². The molecule has 2 heterocycles. The van der Waals surface area contributed by atoms with Crippen LogP contribution >= 0.6 is 11.3 Å². The SMILES string of the molecule is CCC(C)(F)C(=O)N[C@H](C(=O)N1CCC[C@H]1C(=O)NCc1ccc(-c2scnc2C)cc1OCCC(C)OCCC(C)(C)OC)C(C)(C)C. The van der Waals surface area contributed by atoms with Gasteiger partial charge in [0.15, 0.2) is 5.67 Å². The first-order valence-corrected chi connectivity index (χ1v) is 18.2. The standard InChI is InChI=1S/C37H57FN4O6S/c1-11-37(9,38)34(45)41-31(35(4,5)6)33(44)42-18-12-13-28(42)32(43)39-22-27-15-14-26(30-25(3)40-23-49-30)21-29(27)48-19-16-24(2)47-20-17-36(7,8)46-10/h14-15,21,23-24,28,31H,11-13,16-20,22H2,1-10H3,(H,39,43)(H,41,45)/t24?,28-,31+,37?/m0/s1. The first-order valence-electron chi connectivity index (χ1n) is 17.3. The van der Waals surface area contributed by atoms with E-state index in [1.54, 1.807) is 25.4 Å². The molecule has 1 fully saturated rings. The number of nitrogens with one attached hydrogen (secondary N) is 2. The predicted molar refractivity (Wildman–Crippen MR) is 191 cm³/mol. The van der Waals surface area contributed by atoms with E-state index >= 15 is 0 Å². The van der Waals surface area contributed by atoms with Crippen molar-refractivity contribution in [1.82, 2.24) is 20.5 Å². The Morgan fingerprint density at radius 2 is 1.86 bits per heavy atom. The summed E-state index contributed by atoms with van der Waals surface area (Å²) in [6, 6.07) is 4.22. The number of hydrogen-bond acceptors (Lipinski definition) is 8. The maximum absolute atomic E-state index is 14.8. The van der Waals surface area contributed by atoms with Crippen LogP contribution in [0.1, 0.15) is 98.8 Å². The van der Waals surface area contributed by atoms with E-state index in [2.05, 4.69) is 15.6 Å². The zero-order valence-electron chi connectivity index (χ0n) is 31.0. The summed E-state index contributed by atoms with van der Waals surface area (Å²) in [4.78, 5) is 47.1. The molecule has 0 aliphatic carbocycles. The second kappa shape index (κ2) is 17.2. The molecule has 1 saturated heterocycles. The highest BCUT2D eigenvalue weighted by Crippen LogP contribution is 2.33. The highest BCUT2D eigenvalue weighted by atomic mass is 32.1. The van der Waals surface area contributed by atoms with Crippen LogP contribution in [0.15, 0.2) is 23.7 Å². The van der Waals surface area contributed by atoms with E-state index < -0.39 is 29.1 Å². The van der Waals surface area contributed by atoms with E-state index in [4.69, 9.17) is 14.2 Å². The minimum Gasteiger partial charge on any atom is -0.493 e. The number of aryl methyl sites for hydroxylation is 1. The Kier molecular flexibility index (Phi) is 14.2. The molecule has 1 aromatic carbocycles. The van der Waals surface area contributed by atoms with Crippen LogP contribution in [0.4, 0.5) is 4.39 Å². The molecule has 10 nitrogen and oxygen atoms in total. The number of amides is 3. The third kappa shape index (κ3) is 11.2. The van der Waals surface area contributed by atoms with Crippen LogP contribution in [0.3, 0.4) is 0 Å². The van der Waals surface area contributed by atoms with Gasteiger partial charge in [-0.05, 0) is 77.3 Å². The molecule has 3 rings (SSSR count). The van der Waals surface area contributed by atoms with E-state index in [1.807, 2.05) is 72.2 Å². The van der Waals surface area contributed by atoms with Gasteiger partial charge >= 0.3 is 0 Å². The number of ether oxygens (including phenoxy) is 3. The molecule has 1 aliphatic heterocycles. The summed E-state index contributed by atoms with van der Waals surface area (Å²) in [6.07, 6.45) is 2.55. The van der Waals surface area contributed by atoms with Crippen molar-refractivity contribution in [2.75, 3.05) is 26.9 Å². The topological polar surface area (TPSA) is 119 Å². The molecule has 3 amide bonds. The molecule has 2 N–H and O–H groups in total. The van der Waals surface area contributed by atoms with Gasteiger partial charge in [-0.3, -0.25) is 14.4 Å². The average molecular weight is 705 g/mol. The number of thiazole rings is 1. The minimum atomic E-state index is -2.11. The molecule has 0 spiro atoms. The molecule has 1 aliphatic rings. The van der Waals surface area contributed by atoms with Crippen molar-refractivity contribution < 1.29 is 33.0 Å². The molecule has 274 valence electrons. The van der Waals surface area contributed by atoms with E-state index in [0.29, 0.717) is 44.8 Å². The van der Waals surface area contributed by atoms with Crippen molar-refractivity contribution in [1.29, 1.82) is 0 Å². The molecular formula is C37H57FN4O6S. The Morgan fingerprint density at radius 1 is 1.14 bits per heavy atom. The van der Waals surface area contributed by atoms with Crippen LogP contribution in [0, 0.1) is 12.3 Å². The Morgan fingerprint density at radius 3 is 2.47 bits per heavy atom. The third-order valence-electron chi connectivity index (χ3n) is 9.33. The molecule has 4 atom stereocenters. The first-order chi connectivity index (χ1) is 22.9. The fraction of sp³-hybridized carbons (Fsp3) is 0.676. The maximum atomic E-state index is 14.8. The molecule has 2 aromatic rings. The fourth-order valence-electron chi connectivity index (χ4n) is 5.44. The molecule has 49 heavy (non-hydrogen) atoms. The summed E-state index contributed by atoms with van der Waals surface area (Å²) in [6.45, 7) is 17.9. The number of hydrogen-bond donors (Lipinski definition) is 2. The van der Waals surface area contributed by atoms with Crippen molar-refractivity contribution >= 4 is 29.1 Å². The smallest absolute Gasteiger partial charge is 0.258 e. The first kappa shape index (κ1) is 40.3. The van der Waals surface area contributed by atoms with Crippen LogP contribution in [0.5, 0.6) is 5.75 Å². The van der Waals surface area contributed by atoms with Gasteiger partial charge < -0.3 is 29.7 Å². The largest absolute Gasteiger partial charge is 0.493 e. The number of halogens is 1. The molecule has 1 aromatic heterocycles. The minimum absolute atomic E-state index is 0.0176. The summed E-state index contributed by atoms with van der Waals surface area (Å²) in [5.74, 6) is -0.855. The number of carbonyl (C=O) groups excluding carboxylic acids is 3. The van der Waals surface area contributed by atoms with Crippen LogP contribution in [0.25, 0.3) is 10.4 Å². The second-order valence-corrected chi connectivity index (χ2v) is 15.7. The molecule has 12 heteroatoms. The Balaban J connectivity index is 1.71. The van der Waals surface area contributed by atoms with Crippen molar-refractivity contribution in [3.63, 3.8) is 0 Å². The summed E-state index contributed by atoms with van der Waals surface area (Å²) in [5.41, 5.74) is 1.47. The van der Waals surface area contributed by atoms with Gasteiger partial charge in [0.1, 0.15) is 17.8 Å². The lowest BCUT2D eigenvalue weighted by Crippen LogP contribution is -2.59. The van der Waals surface area contributed by atoms with E-state index in [0.717, 1.165) is 28.1 Å². The quantitative estimate of drug-likeness (QED) is 0.196. The number of carbonyl (C=O) groups is 3. The number of benzene rings is 1. The van der Waals surface area contributed by atoms with Crippen molar-refractivity contribution in [3.8, 4) is 16.2 Å². The summed E-state index contributed by atoms with van der Waals surface area (Å²) in [7, 11) is 1.70. The molecule has 2 unspecified atom stereocenters. The summed E-state index contributed by atoms with van der Waals surface area (Å²) < 4.78 is 32.6. The Bertz CT molecular complexity index is 1420. The van der Waals surface area contributed by atoms with Crippen LogP contribution in [0.2, 0.25) is 0 Å². The summed E-state index contributed by atoms with van der Waals surface area (Å²) >= 11 is 1.56. The summed E-state index contributed by atoms with van der Waals surface area (Å²) in [5, 5.41) is 5.67. The number of aromatic nitrogens is 1. The van der Waals surface area contributed by atoms with Gasteiger partial charge in [-0.15, -0.1) is 11.3 Å². The number of alkyl halides is 1. The highest BCUT2D eigenvalue weighted by molar-refractivity contribution is 7.13. The van der Waals surface area contributed by atoms with Gasteiger partial charge in [-0.2, -0.15) is 0 Å². The van der Waals surface area contributed by atoms with Crippen molar-refractivity contribution in [2.45, 2.75) is 130 Å². The molecule has 0 radical (unpaired) electrons. The van der Waals surface area contributed by atoms with Gasteiger partial charge in [0.25, 0.3) is 5.91 Å². The monoisotopic (exact) mass is 704 g/mol. The number of likely N-dealkylation sites (tertiary alicyclic amines) is 1. The average Bonchev–Trinajstić information content (AvgIpc) is 3.71. The maximum Gasteiger partial charge on any atom is 0.258 e. The van der Waals surface area contributed by atoms with E-state index in [1.165, 1.54) is 11.8 Å². The number of methoxy groups -OCH3 is 1. The van der Waals surface area contributed by atoms with Crippen LogP contribution in [-0.4, -0.2) is 83.9 Å². The van der Waals surface area contributed by atoms with Crippen LogP contribution < -0.4 is 15.4 Å². The second-order valence-electron chi connectivity index (χ2n) is 14.9. The third-order valence-corrected chi connectivity index (χ3v) is 10.3. The van der Waals surface area contributed by atoms with Crippen LogP contribution in [-0.2, 0) is 30.4 Å². The predicted octanol–water partition coefficient (Wildman–Crippen LogP) is 6.38. The van der Waals surface area contributed by atoms with Gasteiger partial charge in [-0.1, -0.05) is 39.8 Å². The van der Waals surface area contributed by atoms with E-state index in [-0.39, 0.29) is 36.5 Å². The van der Waals surface area contributed by atoms with Gasteiger partial charge in [0.2, 0.25) is 11.8 Å². The fourth-order valence-corrected chi connectivity index (χ4v) is 6.24. The van der Waals surface area contributed by atoms with E-state index in [9.17, 15) is 18.8 Å². The van der Waals surface area contributed by atoms with Gasteiger partial charge in [0.05, 0.1) is 34.4 Å². The molecular weight excluding hydrogens is 647 g/mol. The zero-order chi connectivity index (χ0) is 36.6.